The maximum Gasteiger partial charge on any atom is 0.309 e. The number of rotatable bonds is 8. The van der Waals surface area contributed by atoms with Gasteiger partial charge in [-0.3, -0.25) is 4.79 Å². The maximum atomic E-state index is 12.2. The Morgan fingerprint density at radius 1 is 1.15 bits per heavy atom. The van der Waals surface area contributed by atoms with Crippen molar-refractivity contribution in [3.63, 3.8) is 0 Å². The number of aliphatic hydroxyl groups is 7. The Morgan fingerprint density at radius 3 is 2.45 bits per heavy atom. The van der Waals surface area contributed by atoms with E-state index >= 15 is 0 Å². The Hall–Kier alpha value is -1.35. The molecule has 0 radical (unpaired) electrons. The van der Waals surface area contributed by atoms with Crippen molar-refractivity contribution in [3.8, 4) is 0 Å². The fourth-order valence-corrected chi connectivity index (χ4v) is 4.64. The molecule has 12 nitrogen and oxygen atoms in total. The highest BCUT2D eigenvalue weighted by molar-refractivity contribution is 5.69. The Balaban J connectivity index is 1.75. The van der Waals surface area contributed by atoms with Crippen molar-refractivity contribution in [2.75, 3.05) is 19.8 Å². The quantitative estimate of drug-likeness (QED) is 0.179. The molecule has 3 rings (SSSR count). The molecule has 0 aromatic carbocycles. The highest BCUT2D eigenvalue weighted by atomic mass is 16.7. The molecule has 0 spiro atoms. The topological polar surface area (TPSA) is 196 Å². The highest BCUT2D eigenvalue weighted by Gasteiger charge is 2.60. The van der Waals surface area contributed by atoms with Gasteiger partial charge in [0.05, 0.1) is 38.1 Å². The Morgan fingerprint density at radius 2 is 1.85 bits per heavy atom. The average Bonchev–Trinajstić information content (AvgIpc) is 3.03. The lowest BCUT2D eigenvalue weighted by Gasteiger charge is -2.41. The molecule has 1 saturated carbocycles. The molecule has 190 valence electrons. The SMILES string of the molecule is CC(C)CC(=O)O[C@@H]1OC=C(CO[C@@H]2O[C@H](CO)[C@@H](O)[C@@H](O)[C@@H]2O)[C@H]2C[C@H](O)[C@](O)(CO)[C@@H]12. The van der Waals surface area contributed by atoms with Crippen LogP contribution in [0.1, 0.15) is 26.7 Å². The van der Waals surface area contributed by atoms with Crippen LogP contribution in [0.25, 0.3) is 0 Å². The van der Waals surface area contributed by atoms with Gasteiger partial charge in [-0.15, -0.1) is 0 Å². The number of hydrogen-bond acceptors (Lipinski definition) is 12. The molecule has 2 heterocycles. The van der Waals surface area contributed by atoms with E-state index in [-0.39, 0.29) is 25.4 Å². The number of hydrogen-bond donors (Lipinski definition) is 7. The fourth-order valence-electron chi connectivity index (χ4n) is 4.64. The number of fused-ring (bicyclic) bond motifs is 1. The summed E-state index contributed by atoms with van der Waals surface area (Å²) in [5.41, 5.74) is -1.56. The number of ether oxygens (including phenoxy) is 4. The minimum atomic E-state index is -1.99. The summed E-state index contributed by atoms with van der Waals surface area (Å²) in [7, 11) is 0. The van der Waals surface area contributed by atoms with Gasteiger partial charge in [-0.25, -0.2) is 0 Å². The third-order valence-corrected chi connectivity index (χ3v) is 6.53. The van der Waals surface area contributed by atoms with E-state index in [1.54, 1.807) is 0 Å². The molecule has 33 heavy (non-hydrogen) atoms. The molecule has 0 amide bonds. The van der Waals surface area contributed by atoms with Crippen molar-refractivity contribution in [3.05, 3.63) is 11.8 Å². The predicted molar refractivity (Wildman–Crippen MR) is 108 cm³/mol. The van der Waals surface area contributed by atoms with E-state index in [2.05, 4.69) is 0 Å². The van der Waals surface area contributed by atoms with Gasteiger partial charge in [0, 0.05) is 12.3 Å². The Labute approximate surface area is 191 Å². The first-order valence-corrected chi connectivity index (χ1v) is 11.0. The molecule has 0 aromatic heterocycles. The summed E-state index contributed by atoms with van der Waals surface area (Å²) in [5.74, 6) is -2.12. The van der Waals surface area contributed by atoms with Gasteiger partial charge in [-0.1, -0.05) is 13.8 Å². The van der Waals surface area contributed by atoms with Gasteiger partial charge in [0.15, 0.2) is 6.29 Å². The zero-order valence-electron chi connectivity index (χ0n) is 18.6. The minimum absolute atomic E-state index is 0.0210. The van der Waals surface area contributed by atoms with Crippen molar-refractivity contribution in [1.82, 2.24) is 0 Å². The summed E-state index contributed by atoms with van der Waals surface area (Å²) < 4.78 is 21.8. The van der Waals surface area contributed by atoms with E-state index in [1.807, 2.05) is 13.8 Å². The molecular formula is C21H34O12. The van der Waals surface area contributed by atoms with Gasteiger partial charge in [0.1, 0.15) is 30.0 Å². The van der Waals surface area contributed by atoms with Crippen molar-refractivity contribution in [1.29, 1.82) is 0 Å². The summed E-state index contributed by atoms with van der Waals surface area (Å²) >= 11 is 0. The molecule has 0 bridgehead atoms. The maximum absolute atomic E-state index is 12.2. The van der Waals surface area contributed by atoms with Gasteiger partial charge < -0.3 is 54.7 Å². The summed E-state index contributed by atoms with van der Waals surface area (Å²) in [6.07, 6.45) is -8.43. The zero-order chi connectivity index (χ0) is 24.5. The average molecular weight is 478 g/mol. The number of esters is 1. The lowest BCUT2D eigenvalue weighted by Crippen LogP contribution is -2.59. The monoisotopic (exact) mass is 478 g/mol. The van der Waals surface area contributed by atoms with Crippen LogP contribution in [0.2, 0.25) is 0 Å². The molecule has 0 aromatic rings. The van der Waals surface area contributed by atoms with Gasteiger partial charge in [-0.05, 0) is 17.9 Å². The normalized spacial score (nSPS) is 43.1. The zero-order valence-corrected chi connectivity index (χ0v) is 18.6. The number of carbonyl (C=O) groups excluding carboxylic acids is 1. The van der Waals surface area contributed by atoms with Crippen LogP contribution < -0.4 is 0 Å². The first-order valence-electron chi connectivity index (χ1n) is 11.0. The largest absolute Gasteiger partial charge is 0.462 e. The molecular weight excluding hydrogens is 444 g/mol. The smallest absolute Gasteiger partial charge is 0.309 e. The first-order chi connectivity index (χ1) is 15.5. The molecule has 3 aliphatic rings. The second kappa shape index (κ2) is 10.5. The molecule has 2 aliphatic heterocycles. The van der Waals surface area contributed by atoms with Crippen LogP contribution in [0.3, 0.4) is 0 Å². The molecule has 1 saturated heterocycles. The second-order valence-corrected chi connectivity index (χ2v) is 9.33. The lowest BCUT2D eigenvalue weighted by molar-refractivity contribution is -0.299. The number of aliphatic hydroxyl groups excluding tert-OH is 6. The third kappa shape index (κ3) is 5.19. The second-order valence-electron chi connectivity index (χ2n) is 9.33. The molecule has 0 unspecified atom stereocenters. The molecule has 1 aliphatic carbocycles. The van der Waals surface area contributed by atoms with Crippen LogP contribution in [0, 0.1) is 17.8 Å². The fraction of sp³-hybridized carbons (Fsp3) is 0.857. The van der Waals surface area contributed by atoms with Crippen LogP contribution >= 0.6 is 0 Å². The first kappa shape index (κ1) is 26.3. The predicted octanol–water partition coefficient (Wildman–Crippen LogP) is -2.65. The van der Waals surface area contributed by atoms with Gasteiger partial charge in [0.25, 0.3) is 0 Å². The van der Waals surface area contributed by atoms with E-state index < -0.39 is 79.7 Å². The molecule has 12 heteroatoms. The van der Waals surface area contributed by atoms with Crippen LogP contribution in [0.4, 0.5) is 0 Å². The van der Waals surface area contributed by atoms with Crippen LogP contribution in [-0.4, -0.2) is 110 Å². The van der Waals surface area contributed by atoms with E-state index in [0.29, 0.717) is 5.57 Å². The standard InChI is InChI=1S/C21H34O12/c1-9(2)3-14(25)33-19-15-11(4-13(24)21(15,29)8-23)10(6-30-19)7-31-20-18(28)17(27)16(26)12(5-22)32-20/h6,9,11-13,15-20,22-24,26-29H,3-5,7-8H2,1-2H3/t11-,12-,13+,15-,16-,17-,18+,19+,20-,21-/m1/s1. The van der Waals surface area contributed by atoms with Crippen molar-refractivity contribution in [2.45, 2.75) is 75.4 Å². The summed E-state index contributed by atoms with van der Waals surface area (Å²) in [4.78, 5) is 12.2. The van der Waals surface area contributed by atoms with Crippen molar-refractivity contribution in [2.24, 2.45) is 17.8 Å². The lowest BCUT2D eigenvalue weighted by atomic mass is 9.80. The van der Waals surface area contributed by atoms with Crippen molar-refractivity contribution < 1.29 is 59.5 Å². The third-order valence-electron chi connectivity index (χ3n) is 6.53. The Bertz CT molecular complexity index is 711. The van der Waals surface area contributed by atoms with E-state index in [4.69, 9.17) is 18.9 Å². The van der Waals surface area contributed by atoms with Gasteiger partial charge >= 0.3 is 5.97 Å². The number of carbonyl (C=O) groups is 1. The molecule has 2 fully saturated rings. The van der Waals surface area contributed by atoms with Gasteiger partial charge in [-0.2, -0.15) is 0 Å². The van der Waals surface area contributed by atoms with Crippen molar-refractivity contribution >= 4 is 5.97 Å². The highest BCUT2D eigenvalue weighted by Crippen LogP contribution is 2.49. The van der Waals surface area contributed by atoms with Crippen LogP contribution in [0.5, 0.6) is 0 Å². The van der Waals surface area contributed by atoms with E-state index in [0.717, 1.165) is 0 Å². The minimum Gasteiger partial charge on any atom is -0.462 e. The summed E-state index contributed by atoms with van der Waals surface area (Å²) in [5, 5.41) is 70.5. The van der Waals surface area contributed by atoms with E-state index in [1.165, 1.54) is 6.26 Å². The Kier molecular flexibility index (Phi) is 8.36. The summed E-state index contributed by atoms with van der Waals surface area (Å²) in [6, 6.07) is 0. The van der Waals surface area contributed by atoms with Crippen LogP contribution in [-0.2, 0) is 23.7 Å². The van der Waals surface area contributed by atoms with Crippen LogP contribution in [0.15, 0.2) is 11.8 Å². The molecule has 10 atom stereocenters. The van der Waals surface area contributed by atoms with E-state index in [9.17, 15) is 40.5 Å². The molecule has 7 N–H and O–H groups in total. The van der Waals surface area contributed by atoms with Gasteiger partial charge in [0.2, 0.25) is 6.29 Å². The summed E-state index contributed by atoms with van der Waals surface area (Å²) in [6.45, 7) is 2.04.